The number of aromatic nitrogens is 1. The van der Waals surface area contributed by atoms with Gasteiger partial charge in [0.15, 0.2) is 0 Å². The van der Waals surface area contributed by atoms with Gasteiger partial charge in [0, 0.05) is 38.6 Å². The highest BCUT2D eigenvalue weighted by Gasteiger charge is 2.52. The lowest BCUT2D eigenvalue weighted by Crippen LogP contribution is -2.30. The van der Waals surface area contributed by atoms with Crippen LogP contribution in [0, 0.1) is 0 Å². The first-order valence-corrected chi connectivity index (χ1v) is 22.9. The number of fused-ring (bicyclic) bond motifs is 16. The summed E-state index contributed by atoms with van der Waals surface area (Å²) in [5, 5.41) is 8.93. The maximum atomic E-state index is 2.52. The summed E-state index contributed by atoms with van der Waals surface area (Å²) >= 11 is 0. The molecule has 3 aliphatic carbocycles. The van der Waals surface area contributed by atoms with E-state index in [9.17, 15) is 0 Å². The molecule has 14 rings (SSSR count). The summed E-state index contributed by atoms with van der Waals surface area (Å²) in [6, 6.07) is 81.6. The molecule has 0 radical (unpaired) electrons. The molecule has 11 aromatic rings. The van der Waals surface area contributed by atoms with Gasteiger partial charge in [-0.2, -0.15) is 0 Å². The average Bonchev–Trinajstić information content (AvgIpc) is 3.99. The summed E-state index contributed by atoms with van der Waals surface area (Å²) in [6.45, 7) is 0. The van der Waals surface area contributed by atoms with Gasteiger partial charge in [-0.15, -0.1) is 0 Å². The van der Waals surface area contributed by atoms with Crippen LogP contribution in [0.25, 0.3) is 83.7 Å². The normalized spacial score (nSPS) is 13.8. The van der Waals surface area contributed by atoms with Crippen molar-refractivity contribution in [3.63, 3.8) is 0 Å². The van der Waals surface area contributed by atoms with Crippen LogP contribution in [-0.2, 0) is 5.41 Å². The van der Waals surface area contributed by atoms with Gasteiger partial charge in [-0.3, -0.25) is 0 Å². The number of nitrogens with zero attached hydrogens (tertiary/aromatic N) is 2. The standard InChI is InChI=1S/C63H42N2/c1-2-17-44(18-3-1)65-58-29-13-9-23-52(58)61-48(24-14-30-59(61)65)42-34-37-45(38-35-42)64(46-39-36-43-33-32-41-16-4-5-19-47(41)53(43)40-46)60-31-15-28-57-62(60)51-22-8-12-27-56(51)63(57)54-25-10-6-20-49(54)50-21-7-11-26-55(50)63/h1-8,10-12,14-40H,9,13H2. The van der Waals surface area contributed by atoms with Crippen molar-refractivity contribution in [2.75, 3.05) is 4.90 Å². The van der Waals surface area contributed by atoms with E-state index in [0.717, 1.165) is 24.2 Å². The Morgan fingerprint density at radius 2 is 1.00 bits per heavy atom. The molecule has 2 heteroatoms. The lowest BCUT2D eigenvalue weighted by molar-refractivity contribution is 0.794. The smallest absolute Gasteiger partial charge is 0.0726 e. The fourth-order valence-corrected chi connectivity index (χ4v) is 12.0. The van der Waals surface area contributed by atoms with Gasteiger partial charge in [-0.25, -0.2) is 0 Å². The van der Waals surface area contributed by atoms with Crippen LogP contribution in [0.2, 0.25) is 0 Å². The summed E-state index contributed by atoms with van der Waals surface area (Å²) in [5.74, 6) is 0. The van der Waals surface area contributed by atoms with E-state index in [4.69, 9.17) is 0 Å². The Kier molecular flexibility index (Phi) is 7.76. The van der Waals surface area contributed by atoms with E-state index in [-0.39, 0.29) is 0 Å². The first-order valence-electron chi connectivity index (χ1n) is 22.9. The van der Waals surface area contributed by atoms with Gasteiger partial charge >= 0.3 is 0 Å². The fraction of sp³-hybridized carbons (Fsp3) is 0.0476. The van der Waals surface area contributed by atoms with Crippen molar-refractivity contribution in [2.45, 2.75) is 18.3 Å². The van der Waals surface area contributed by atoms with Gasteiger partial charge in [0.2, 0.25) is 0 Å². The lowest BCUT2D eigenvalue weighted by Gasteiger charge is -2.32. The molecule has 65 heavy (non-hydrogen) atoms. The molecule has 0 amide bonds. The molecule has 0 saturated carbocycles. The minimum Gasteiger partial charge on any atom is -0.310 e. The van der Waals surface area contributed by atoms with E-state index in [0.29, 0.717) is 0 Å². The zero-order chi connectivity index (χ0) is 42.6. The van der Waals surface area contributed by atoms with E-state index in [2.05, 4.69) is 240 Å². The van der Waals surface area contributed by atoms with Crippen LogP contribution in [-0.4, -0.2) is 4.57 Å². The Morgan fingerprint density at radius 1 is 0.415 bits per heavy atom. The molecule has 0 fully saturated rings. The van der Waals surface area contributed by atoms with Crippen LogP contribution in [0.3, 0.4) is 0 Å². The Hall–Kier alpha value is -8.20. The van der Waals surface area contributed by atoms with Gasteiger partial charge in [0.05, 0.1) is 16.6 Å². The zero-order valence-electron chi connectivity index (χ0n) is 35.7. The molecular formula is C63H42N2. The van der Waals surface area contributed by atoms with Gasteiger partial charge < -0.3 is 9.47 Å². The van der Waals surface area contributed by atoms with Crippen molar-refractivity contribution in [3.05, 3.63) is 251 Å². The average molecular weight is 827 g/mol. The minimum atomic E-state index is -0.438. The number of benzene rings is 10. The Morgan fingerprint density at radius 3 is 1.78 bits per heavy atom. The second kappa shape index (κ2) is 13.9. The maximum Gasteiger partial charge on any atom is 0.0726 e. The van der Waals surface area contributed by atoms with Crippen LogP contribution >= 0.6 is 0 Å². The topological polar surface area (TPSA) is 8.17 Å². The molecule has 1 aromatic heterocycles. The molecule has 2 nitrogen and oxygen atoms in total. The van der Waals surface area contributed by atoms with Crippen molar-refractivity contribution >= 4 is 61.7 Å². The molecule has 3 aliphatic rings. The summed E-state index contributed by atoms with van der Waals surface area (Å²) in [6.07, 6.45) is 6.96. The zero-order valence-corrected chi connectivity index (χ0v) is 35.7. The maximum absolute atomic E-state index is 2.52. The van der Waals surface area contributed by atoms with Crippen LogP contribution in [0.5, 0.6) is 0 Å². The molecule has 0 saturated heterocycles. The number of anilines is 3. The number of rotatable bonds is 5. The Labute approximate surface area is 377 Å². The van der Waals surface area contributed by atoms with Crippen LogP contribution in [0.1, 0.15) is 35.1 Å². The summed E-state index contributed by atoms with van der Waals surface area (Å²) in [7, 11) is 0. The molecule has 10 aromatic carbocycles. The van der Waals surface area contributed by atoms with Crippen LogP contribution in [0.4, 0.5) is 17.1 Å². The van der Waals surface area contributed by atoms with Gasteiger partial charge in [0.1, 0.15) is 0 Å². The molecule has 0 N–H and O–H groups in total. The summed E-state index contributed by atoms with van der Waals surface area (Å²) in [5.41, 5.74) is 18.4. The number of hydrogen-bond donors (Lipinski definition) is 0. The predicted octanol–water partition coefficient (Wildman–Crippen LogP) is 14.8. The van der Waals surface area contributed by atoms with E-state index in [1.165, 1.54) is 110 Å². The van der Waals surface area contributed by atoms with Crippen molar-refractivity contribution in [2.24, 2.45) is 0 Å². The summed E-state index contributed by atoms with van der Waals surface area (Å²) < 4.78 is 2.45. The quantitative estimate of drug-likeness (QED) is 0.157. The van der Waals surface area contributed by atoms with Crippen molar-refractivity contribution in [3.8, 4) is 39.1 Å². The molecule has 1 spiro atoms. The largest absolute Gasteiger partial charge is 0.310 e. The van der Waals surface area contributed by atoms with E-state index < -0.39 is 5.41 Å². The number of para-hydroxylation sites is 1. The second-order valence-electron chi connectivity index (χ2n) is 17.8. The highest BCUT2D eigenvalue weighted by molar-refractivity contribution is 6.10. The summed E-state index contributed by atoms with van der Waals surface area (Å²) in [4.78, 5) is 2.52. The highest BCUT2D eigenvalue weighted by Crippen LogP contribution is 2.64. The molecule has 0 bridgehead atoms. The predicted molar refractivity (Wildman–Crippen MR) is 272 cm³/mol. The van der Waals surface area contributed by atoms with Crippen molar-refractivity contribution in [1.29, 1.82) is 0 Å². The minimum absolute atomic E-state index is 0.438. The fourth-order valence-electron chi connectivity index (χ4n) is 12.0. The lowest BCUT2D eigenvalue weighted by atomic mass is 9.70. The molecule has 0 atom stereocenters. The Balaban J connectivity index is 1.01. The molecule has 0 unspecified atom stereocenters. The molecule has 0 aliphatic heterocycles. The third-order valence-corrected chi connectivity index (χ3v) is 14.6. The third kappa shape index (κ3) is 5.05. The first kappa shape index (κ1) is 36.3. The van der Waals surface area contributed by atoms with Crippen LogP contribution < -0.4 is 15.5 Å². The third-order valence-electron chi connectivity index (χ3n) is 14.6. The van der Waals surface area contributed by atoms with E-state index in [1.807, 2.05) is 0 Å². The van der Waals surface area contributed by atoms with Crippen molar-refractivity contribution in [1.82, 2.24) is 4.57 Å². The molecule has 1 heterocycles. The van der Waals surface area contributed by atoms with Gasteiger partial charge in [-0.1, -0.05) is 182 Å². The Bertz CT molecular complexity index is 3850. The van der Waals surface area contributed by atoms with Crippen LogP contribution in [0.15, 0.2) is 218 Å². The first-order chi connectivity index (χ1) is 32.3. The van der Waals surface area contributed by atoms with E-state index in [1.54, 1.807) is 0 Å². The second-order valence-corrected chi connectivity index (χ2v) is 17.8. The monoisotopic (exact) mass is 826 g/mol. The van der Waals surface area contributed by atoms with E-state index >= 15 is 0 Å². The van der Waals surface area contributed by atoms with Gasteiger partial charge in [-0.05, 0) is 133 Å². The molecule has 304 valence electrons. The SMILES string of the molecule is C1=c2c(n(-c3ccccc3)c3cccc(-c4ccc(N(c5ccc6ccc7ccccc7c6c5)c5cccc6c5-c5ccccc5C65c6ccccc6-c6ccccc65)cc4)c23)=CCC1. The number of hydrogen-bond acceptors (Lipinski definition) is 1. The highest BCUT2D eigenvalue weighted by atomic mass is 15.1. The molecular weight excluding hydrogens is 785 g/mol. The van der Waals surface area contributed by atoms with Crippen molar-refractivity contribution < 1.29 is 0 Å². The van der Waals surface area contributed by atoms with Gasteiger partial charge in [0.25, 0.3) is 0 Å².